The first-order valence-corrected chi connectivity index (χ1v) is 17.5. The van der Waals surface area contributed by atoms with Crippen LogP contribution in [0.4, 0.5) is 20.2 Å². The molecule has 0 saturated carbocycles. The van der Waals surface area contributed by atoms with E-state index in [0.717, 1.165) is 31.1 Å². The molecule has 2 fully saturated rings. The van der Waals surface area contributed by atoms with Crippen molar-refractivity contribution in [2.75, 3.05) is 62.7 Å². The van der Waals surface area contributed by atoms with Crippen LogP contribution in [0.1, 0.15) is 71.5 Å². The van der Waals surface area contributed by atoms with Gasteiger partial charge >= 0.3 is 11.9 Å². The summed E-state index contributed by atoms with van der Waals surface area (Å²) in [5, 5.41) is 28.6. The molecule has 1 unspecified atom stereocenters. The average Bonchev–Trinajstić information content (AvgIpc) is 3.10. The van der Waals surface area contributed by atoms with Gasteiger partial charge in [0, 0.05) is 68.7 Å². The molecule has 2 saturated heterocycles. The molecular formula is C37H41F2N5O8. The molecule has 4 aliphatic heterocycles. The molecule has 15 heteroatoms. The van der Waals surface area contributed by atoms with Gasteiger partial charge in [-0.2, -0.15) is 0 Å². The number of aliphatic hydroxyl groups excluding tert-OH is 1. The maximum atomic E-state index is 15.0. The smallest absolute Gasteiger partial charge is 0.341 e. The van der Waals surface area contributed by atoms with Crippen molar-refractivity contribution in [2.24, 2.45) is 0 Å². The molecule has 276 valence electrons. The fraction of sp³-hybridized carbons (Fsp3) is 0.459. The third-order valence-corrected chi connectivity index (χ3v) is 10.8. The van der Waals surface area contributed by atoms with E-state index in [-0.39, 0.29) is 46.7 Å². The number of ether oxygens (including phenoxy) is 1. The van der Waals surface area contributed by atoms with Gasteiger partial charge in [-0.15, -0.1) is 0 Å². The van der Waals surface area contributed by atoms with Crippen molar-refractivity contribution in [2.45, 2.75) is 57.7 Å². The normalized spacial score (nSPS) is 20.4. The maximum Gasteiger partial charge on any atom is 0.341 e. The van der Waals surface area contributed by atoms with Gasteiger partial charge < -0.3 is 43.9 Å². The van der Waals surface area contributed by atoms with Gasteiger partial charge in [-0.25, -0.2) is 18.4 Å². The molecule has 3 N–H and O–H groups in total. The summed E-state index contributed by atoms with van der Waals surface area (Å²) in [5.74, 6) is -3.34. The highest BCUT2D eigenvalue weighted by atomic mass is 19.1. The second-order valence-electron chi connectivity index (χ2n) is 14.2. The lowest BCUT2D eigenvalue weighted by molar-refractivity contribution is 0.0683. The Morgan fingerprint density at radius 2 is 1.27 bits per heavy atom. The Kier molecular flexibility index (Phi) is 9.19. The molecule has 2 aromatic heterocycles. The molecule has 0 aliphatic carbocycles. The number of nitrogens with zero attached hydrogens (tertiary/aromatic N) is 5. The summed E-state index contributed by atoms with van der Waals surface area (Å²) in [6, 6.07) is 2.21. The zero-order valence-corrected chi connectivity index (χ0v) is 29.2. The fourth-order valence-electron chi connectivity index (χ4n) is 7.91. The number of carboxylic acid groups (broad SMARTS) is 2. The monoisotopic (exact) mass is 721 g/mol. The van der Waals surface area contributed by atoms with E-state index in [9.17, 15) is 38.9 Å². The SMILES string of the molecule is CC1CCc2c(N3CCC(O)CC3)c(F)cc3c(=O)c(C(=O)O)cn1c23.C[C@H]1COc2c(N3CCN(C)CC3)c(F)cc3c(=O)c(C(=O)O)cn1c23. The zero-order valence-electron chi connectivity index (χ0n) is 29.2. The Labute approximate surface area is 296 Å². The molecule has 6 heterocycles. The first kappa shape index (κ1) is 35.4. The molecule has 0 spiro atoms. The molecule has 52 heavy (non-hydrogen) atoms. The van der Waals surface area contributed by atoms with E-state index < -0.39 is 34.4 Å². The predicted octanol–water partition coefficient (Wildman–Crippen LogP) is 3.85. The van der Waals surface area contributed by atoms with E-state index in [2.05, 4.69) is 4.90 Å². The number of aromatic carboxylic acids is 2. The summed E-state index contributed by atoms with van der Waals surface area (Å²) >= 11 is 0. The number of rotatable bonds is 4. The van der Waals surface area contributed by atoms with Crippen LogP contribution in [0.25, 0.3) is 21.8 Å². The average molecular weight is 722 g/mol. The second kappa shape index (κ2) is 13.5. The van der Waals surface area contributed by atoms with Crippen LogP contribution in [0, 0.1) is 11.6 Å². The summed E-state index contributed by atoms with van der Waals surface area (Å²) in [7, 11) is 2.02. The topological polar surface area (TPSA) is 158 Å². The van der Waals surface area contributed by atoms with Crippen molar-refractivity contribution in [3.05, 3.63) is 73.3 Å². The molecule has 13 nitrogen and oxygen atoms in total. The van der Waals surface area contributed by atoms with Crippen LogP contribution in [0.3, 0.4) is 0 Å². The third-order valence-electron chi connectivity index (χ3n) is 10.8. The van der Waals surface area contributed by atoms with Crippen LogP contribution in [0.15, 0.2) is 34.1 Å². The van der Waals surface area contributed by atoms with Crippen molar-refractivity contribution >= 4 is 45.1 Å². The van der Waals surface area contributed by atoms with Gasteiger partial charge in [-0.1, -0.05) is 0 Å². The van der Waals surface area contributed by atoms with Gasteiger partial charge in [0.1, 0.15) is 29.2 Å². The standard InChI is InChI=1S/C19H21FN2O4.C18H20FN3O4/c1-10-2-3-12-16-13(18(24)14(19(25)26)9-22(10)16)8-15(20)17(12)21-6-4-11(23)5-7-21;1-10-9-26-17-14-11(16(23)12(18(24)25)8-22(10)14)7-13(19)15(17)21-5-3-20(2)4-6-21/h8-11,23H,2-7H2,1H3,(H,25,26);7-8,10H,3-6,9H2,1-2H3,(H,24,25)/t;10-/m.0/s1. The minimum absolute atomic E-state index is 0.0326. The lowest BCUT2D eigenvalue weighted by Crippen LogP contribution is -2.45. The van der Waals surface area contributed by atoms with E-state index in [1.54, 1.807) is 9.13 Å². The van der Waals surface area contributed by atoms with E-state index in [1.165, 1.54) is 18.5 Å². The highest BCUT2D eigenvalue weighted by molar-refractivity contribution is 5.98. The Balaban J connectivity index is 0.000000162. The zero-order chi connectivity index (χ0) is 37.2. The van der Waals surface area contributed by atoms with Crippen LogP contribution in [0.5, 0.6) is 5.75 Å². The van der Waals surface area contributed by atoms with Gasteiger partial charge in [0.2, 0.25) is 10.9 Å². The van der Waals surface area contributed by atoms with Crippen LogP contribution in [0.2, 0.25) is 0 Å². The summed E-state index contributed by atoms with van der Waals surface area (Å²) in [6.07, 6.45) is 4.92. The van der Waals surface area contributed by atoms with E-state index in [0.29, 0.717) is 73.6 Å². The van der Waals surface area contributed by atoms with Crippen molar-refractivity contribution in [3.63, 3.8) is 0 Å². The maximum absolute atomic E-state index is 15.0. The van der Waals surface area contributed by atoms with Crippen molar-refractivity contribution in [1.82, 2.24) is 14.0 Å². The number of aliphatic hydroxyl groups is 1. The quantitative estimate of drug-likeness (QED) is 0.281. The molecule has 0 bridgehead atoms. The number of piperazine rings is 1. The Morgan fingerprint density at radius 1 is 0.750 bits per heavy atom. The van der Waals surface area contributed by atoms with Crippen LogP contribution >= 0.6 is 0 Å². The van der Waals surface area contributed by atoms with Crippen LogP contribution in [-0.2, 0) is 6.42 Å². The number of pyridine rings is 2. The summed E-state index contributed by atoms with van der Waals surface area (Å²) in [5.41, 5.74) is 0.708. The van der Waals surface area contributed by atoms with Crippen molar-refractivity contribution in [3.8, 4) is 5.75 Å². The molecular weight excluding hydrogens is 680 g/mol. The van der Waals surface area contributed by atoms with Crippen LogP contribution in [-0.4, -0.2) is 100 Å². The number of carbonyl (C=O) groups is 2. The van der Waals surface area contributed by atoms with E-state index in [4.69, 9.17) is 4.74 Å². The number of likely N-dealkylation sites (N-methyl/N-ethyl adjacent to an activating group) is 1. The number of halogens is 2. The summed E-state index contributed by atoms with van der Waals surface area (Å²) < 4.78 is 39.4. The van der Waals surface area contributed by atoms with Crippen molar-refractivity contribution < 1.29 is 38.4 Å². The van der Waals surface area contributed by atoms with Gasteiger partial charge in [-0.05, 0) is 58.7 Å². The number of anilines is 2. The lowest BCUT2D eigenvalue weighted by atomic mass is 9.93. The minimum Gasteiger partial charge on any atom is -0.487 e. The summed E-state index contributed by atoms with van der Waals surface area (Å²) in [4.78, 5) is 54.1. The Morgan fingerprint density at radius 3 is 1.85 bits per heavy atom. The van der Waals surface area contributed by atoms with Gasteiger partial charge in [-0.3, -0.25) is 9.59 Å². The van der Waals surface area contributed by atoms with Crippen molar-refractivity contribution in [1.29, 1.82) is 0 Å². The van der Waals surface area contributed by atoms with Gasteiger partial charge in [0.05, 0.1) is 34.3 Å². The summed E-state index contributed by atoms with van der Waals surface area (Å²) in [6.45, 7) is 8.16. The van der Waals surface area contributed by atoms with Gasteiger partial charge in [0.15, 0.2) is 11.6 Å². The Hall–Kier alpha value is -5.02. The molecule has 0 amide bonds. The Bertz CT molecular complexity index is 2080. The number of aromatic nitrogens is 2. The minimum atomic E-state index is -1.32. The molecule has 2 atom stereocenters. The molecule has 2 aromatic carbocycles. The number of carboxylic acids is 2. The third kappa shape index (κ3) is 5.94. The number of piperidine rings is 1. The number of aryl methyl sites for hydroxylation is 1. The first-order chi connectivity index (χ1) is 24.8. The second-order valence-corrected chi connectivity index (χ2v) is 14.2. The molecule has 4 aromatic rings. The van der Waals surface area contributed by atoms with Gasteiger partial charge in [0.25, 0.3) is 0 Å². The van der Waals surface area contributed by atoms with E-state index in [1.807, 2.05) is 30.7 Å². The highest BCUT2D eigenvalue weighted by Gasteiger charge is 2.32. The first-order valence-electron chi connectivity index (χ1n) is 17.5. The highest BCUT2D eigenvalue weighted by Crippen LogP contribution is 2.42. The molecule has 0 radical (unpaired) electrons. The number of hydrogen-bond donors (Lipinski definition) is 3. The molecule has 4 aliphatic rings. The number of hydrogen-bond acceptors (Lipinski definition) is 9. The lowest BCUT2D eigenvalue weighted by Gasteiger charge is -2.37. The van der Waals surface area contributed by atoms with E-state index >= 15 is 4.39 Å². The largest absolute Gasteiger partial charge is 0.487 e. The fourth-order valence-corrected chi connectivity index (χ4v) is 7.91. The number of benzene rings is 2. The van der Waals surface area contributed by atoms with Crippen LogP contribution < -0.4 is 25.4 Å². The predicted molar refractivity (Wildman–Crippen MR) is 191 cm³/mol. The molecule has 8 rings (SSSR count).